The van der Waals surface area contributed by atoms with E-state index in [1.165, 1.54) is 0 Å². The number of benzene rings is 1. The van der Waals surface area contributed by atoms with Crippen LogP contribution >= 0.6 is 49.6 Å². The van der Waals surface area contributed by atoms with Crippen LogP contribution in [0.1, 0.15) is 28.8 Å². The summed E-state index contributed by atoms with van der Waals surface area (Å²) in [6, 6.07) is 7.31. The van der Waals surface area contributed by atoms with Crippen LogP contribution in [0.3, 0.4) is 0 Å². The number of hydrogen-bond acceptors (Lipinski definition) is 5. The molecule has 1 saturated heterocycles. The number of carboxylic acids is 1. The lowest BCUT2D eigenvalue weighted by Gasteiger charge is -2.24. The average Bonchev–Trinajstić information content (AvgIpc) is 2.58. The van der Waals surface area contributed by atoms with Gasteiger partial charge in [0.1, 0.15) is 0 Å². The minimum absolute atomic E-state index is 0. The molecular weight excluding hydrogens is 446 g/mol. The number of carbonyl (C=O) groups is 1. The highest BCUT2D eigenvalue weighted by Crippen LogP contribution is 2.12. The maximum atomic E-state index is 11.4. The Balaban J connectivity index is -0.00000156. The largest absolute Gasteiger partial charge is 0.478 e. The molecule has 0 unspecified atom stereocenters. The summed E-state index contributed by atoms with van der Waals surface area (Å²) in [5.74, 6) is -0.847. The Morgan fingerprint density at radius 1 is 0.821 bits per heavy atom. The van der Waals surface area contributed by atoms with Crippen LogP contribution in [0.4, 0.5) is 0 Å². The lowest BCUT2D eigenvalue weighted by atomic mass is 10.1. The van der Waals surface area contributed by atoms with Crippen LogP contribution < -0.4 is 16.0 Å². The van der Waals surface area contributed by atoms with E-state index in [-0.39, 0.29) is 49.6 Å². The summed E-state index contributed by atoms with van der Waals surface area (Å²) < 4.78 is 0. The van der Waals surface area contributed by atoms with Crippen molar-refractivity contribution in [2.75, 3.05) is 52.4 Å². The Kier molecular flexibility index (Phi) is 23.1. The third-order valence-corrected chi connectivity index (χ3v) is 4.26. The van der Waals surface area contributed by atoms with Gasteiger partial charge in [0.2, 0.25) is 0 Å². The van der Waals surface area contributed by atoms with E-state index in [1.807, 2.05) is 12.1 Å². The molecule has 10 heteroatoms. The summed E-state index contributed by atoms with van der Waals surface area (Å²) in [4.78, 5) is 13.7. The minimum atomic E-state index is -0.847. The summed E-state index contributed by atoms with van der Waals surface area (Å²) in [5, 5.41) is 19.7. The van der Waals surface area contributed by atoms with Gasteiger partial charge in [0, 0.05) is 32.7 Å². The summed E-state index contributed by atoms with van der Waals surface area (Å²) in [5.41, 5.74) is 1.30. The van der Waals surface area contributed by atoms with Crippen molar-refractivity contribution in [3.05, 3.63) is 35.4 Å². The quantitative estimate of drug-likeness (QED) is 0.533. The third kappa shape index (κ3) is 13.0. The van der Waals surface area contributed by atoms with Crippen molar-refractivity contribution in [1.29, 1.82) is 0 Å². The van der Waals surface area contributed by atoms with Crippen LogP contribution in [-0.2, 0) is 6.54 Å². The first-order valence-electron chi connectivity index (χ1n) is 8.93. The molecule has 1 fully saturated rings. The standard InChI is InChI=1S/C18H30N4O2.4ClH/c23-18(24)17-6-2-1-5-16(17)15-22-13-4-9-20-11-10-19-7-3-8-21-12-14-22;;;;/h1-2,5-6,19-21H,3-4,7-15H2,(H,23,24);4*1H. The molecule has 4 N–H and O–H groups in total. The van der Waals surface area contributed by atoms with Gasteiger partial charge >= 0.3 is 5.97 Å². The van der Waals surface area contributed by atoms with E-state index >= 15 is 0 Å². The molecule has 6 nitrogen and oxygen atoms in total. The molecule has 0 atom stereocenters. The molecule has 1 aromatic carbocycles. The fourth-order valence-electron chi connectivity index (χ4n) is 2.93. The van der Waals surface area contributed by atoms with E-state index in [0.29, 0.717) is 12.1 Å². The highest BCUT2D eigenvalue weighted by atomic mass is 35.5. The predicted octanol–water partition coefficient (Wildman–Crippen LogP) is 2.44. The monoisotopic (exact) mass is 478 g/mol. The number of halogens is 4. The molecule has 1 aromatic rings. The van der Waals surface area contributed by atoms with Crippen LogP contribution in [-0.4, -0.2) is 68.3 Å². The summed E-state index contributed by atoms with van der Waals surface area (Å²) in [6.45, 7) is 8.58. The smallest absolute Gasteiger partial charge is 0.336 e. The molecule has 0 bridgehead atoms. The van der Waals surface area contributed by atoms with Crippen molar-refractivity contribution in [2.24, 2.45) is 0 Å². The first kappa shape index (κ1) is 32.4. The normalized spacial score (nSPS) is 16.7. The van der Waals surface area contributed by atoms with Crippen LogP contribution in [0, 0.1) is 0 Å². The molecule has 28 heavy (non-hydrogen) atoms. The van der Waals surface area contributed by atoms with E-state index in [1.54, 1.807) is 12.1 Å². The topological polar surface area (TPSA) is 76.6 Å². The van der Waals surface area contributed by atoms with Gasteiger partial charge in [-0.3, -0.25) is 4.90 Å². The van der Waals surface area contributed by atoms with Crippen molar-refractivity contribution < 1.29 is 9.90 Å². The summed E-state index contributed by atoms with van der Waals surface area (Å²) in [7, 11) is 0. The Labute approximate surface area is 193 Å². The van der Waals surface area contributed by atoms with E-state index < -0.39 is 5.97 Å². The third-order valence-electron chi connectivity index (χ3n) is 4.26. The Hall–Kier alpha value is -0.310. The number of aromatic carboxylic acids is 1. The zero-order valence-electron chi connectivity index (χ0n) is 16.0. The van der Waals surface area contributed by atoms with E-state index in [0.717, 1.165) is 70.8 Å². The zero-order valence-corrected chi connectivity index (χ0v) is 19.3. The second-order valence-electron chi connectivity index (χ2n) is 6.20. The molecule has 1 heterocycles. The van der Waals surface area contributed by atoms with Crippen LogP contribution in [0.25, 0.3) is 0 Å². The second kappa shape index (κ2) is 20.0. The van der Waals surface area contributed by atoms with Gasteiger partial charge in [-0.15, -0.1) is 49.6 Å². The van der Waals surface area contributed by atoms with E-state index in [2.05, 4.69) is 20.9 Å². The molecule has 0 amide bonds. The maximum absolute atomic E-state index is 11.4. The molecule has 1 aliphatic rings. The lowest BCUT2D eigenvalue weighted by molar-refractivity contribution is 0.0694. The molecule has 0 aliphatic carbocycles. The number of nitrogens with one attached hydrogen (secondary N) is 3. The van der Waals surface area contributed by atoms with Gasteiger partial charge in [-0.25, -0.2) is 4.79 Å². The second-order valence-corrected chi connectivity index (χ2v) is 6.20. The van der Waals surface area contributed by atoms with Crippen molar-refractivity contribution in [1.82, 2.24) is 20.9 Å². The van der Waals surface area contributed by atoms with Gasteiger partial charge in [0.05, 0.1) is 5.56 Å². The molecule has 0 radical (unpaired) electrons. The Morgan fingerprint density at radius 2 is 1.39 bits per heavy atom. The lowest BCUT2D eigenvalue weighted by Crippen LogP contribution is -2.36. The van der Waals surface area contributed by atoms with Crippen molar-refractivity contribution in [3.8, 4) is 0 Å². The van der Waals surface area contributed by atoms with Crippen molar-refractivity contribution >= 4 is 55.6 Å². The molecule has 0 saturated carbocycles. The molecule has 166 valence electrons. The minimum Gasteiger partial charge on any atom is -0.478 e. The van der Waals surface area contributed by atoms with Gasteiger partial charge in [-0.2, -0.15) is 0 Å². The summed E-state index contributed by atoms with van der Waals surface area (Å²) >= 11 is 0. The van der Waals surface area contributed by atoms with Gasteiger partial charge in [-0.1, -0.05) is 18.2 Å². The fourth-order valence-corrected chi connectivity index (χ4v) is 2.93. The van der Waals surface area contributed by atoms with Gasteiger partial charge in [-0.05, 0) is 50.7 Å². The highest BCUT2D eigenvalue weighted by Gasteiger charge is 2.13. The van der Waals surface area contributed by atoms with Crippen molar-refractivity contribution in [3.63, 3.8) is 0 Å². The molecular formula is C18H34Cl4N4O2. The maximum Gasteiger partial charge on any atom is 0.336 e. The molecule has 0 aromatic heterocycles. The first-order chi connectivity index (χ1) is 11.8. The van der Waals surface area contributed by atoms with Crippen LogP contribution in [0.2, 0.25) is 0 Å². The number of carboxylic acid groups (broad SMARTS) is 1. The highest BCUT2D eigenvalue weighted by molar-refractivity contribution is 5.89. The van der Waals surface area contributed by atoms with E-state index in [9.17, 15) is 9.90 Å². The number of hydrogen-bond donors (Lipinski definition) is 4. The van der Waals surface area contributed by atoms with Gasteiger partial charge < -0.3 is 21.1 Å². The Bertz CT molecular complexity index is 498. The Morgan fingerprint density at radius 3 is 2.04 bits per heavy atom. The van der Waals surface area contributed by atoms with Crippen molar-refractivity contribution in [2.45, 2.75) is 19.4 Å². The van der Waals surface area contributed by atoms with Gasteiger partial charge in [0.25, 0.3) is 0 Å². The molecule has 1 aliphatic heterocycles. The SMILES string of the molecule is Cl.Cl.Cl.Cl.O=C(O)c1ccccc1CN1CCCNCCNCCCNCC1. The van der Waals surface area contributed by atoms with E-state index in [4.69, 9.17) is 0 Å². The first-order valence-corrected chi connectivity index (χ1v) is 8.93. The number of rotatable bonds is 3. The summed E-state index contributed by atoms with van der Waals surface area (Å²) in [6.07, 6.45) is 2.19. The zero-order chi connectivity index (χ0) is 17.0. The van der Waals surface area contributed by atoms with Gasteiger partial charge in [0.15, 0.2) is 0 Å². The molecule has 2 rings (SSSR count). The van der Waals surface area contributed by atoms with Crippen LogP contribution in [0.15, 0.2) is 24.3 Å². The predicted molar refractivity (Wildman–Crippen MR) is 126 cm³/mol. The van der Waals surface area contributed by atoms with Crippen LogP contribution in [0.5, 0.6) is 0 Å². The fraction of sp³-hybridized carbons (Fsp3) is 0.611. The number of nitrogens with zero attached hydrogens (tertiary/aromatic N) is 1. The molecule has 0 spiro atoms. The average molecular weight is 480 g/mol.